The monoisotopic (exact) mass is 517 g/mol. The average molecular weight is 518 g/mol. The minimum absolute atomic E-state index is 0.00210. The number of ether oxygens (including phenoxy) is 1. The van der Waals surface area contributed by atoms with Gasteiger partial charge >= 0.3 is 6.18 Å². The summed E-state index contributed by atoms with van der Waals surface area (Å²) in [5, 5.41) is 6.96. The van der Waals surface area contributed by atoms with Gasteiger partial charge in [0.1, 0.15) is 21.2 Å². The second-order valence-electron chi connectivity index (χ2n) is 8.36. The highest BCUT2D eigenvalue weighted by Crippen LogP contribution is 2.39. The SMILES string of the molecule is Cc1cc(C(F)(F)F)nc2sc(C(N)=O)c(NC(=O)c3ccn(COc4ccc(C(C)C)cc4)n3)c12. The molecule has 0 aliphatic heterocycles. The van der Waals surface area contributed by atoms with Crippen molar-refractivity contribution in [3.63, 3.8) is 0 Å². The van der Waals surface area contributed by atoms with Gasteiger partial charge in [-0.2, -0.15) is 18.3 Å². The van der Waals surface area contributed by atoms with Crippen LogP contribution in [0, 0.1) is 6.92 Å². The topological polar surface area (TPSA) is 112 Å². The summed E-state index contributed by atoms with van der Waals surface area (Å²) < 4.78 is 46.6. The van der Waals surface area contributed by atoms with Crippen molar-refractivity contribution >= 4 is 39.1 Å². The molecule has 3 heterocycles. The van der Waals surface area contributed by atoms with Crippen LogP contribution in [-0.2, 0) is 12.9 Å². The molecule has 0 spiro atoms. The van der Waals surface area contributed by atoms with E-state index in [-0.39, 0.29) is 38.8 Å². The molecule has 12 heteroatoms. The quantitative estimate of drug-likeness (QED) is 0.344. The zero-order valence-corrected chi connectivity index (χ0v) is 20.3. The second-order valence-corrected chi connectivity index (χ2v) is 9.36. The van der Waals surface area contributed by atoms with Crippen molar-refractivity contribution in [1.82, 2.24) is 14.8 Å². The van der Waals surface area contributed by atoms with Gasteiger partial charge in [-0.15, -0.1) is 11.3 Å². The number of pyridine rings is 1. The molecule has 0 unspecified atom stereocenters. The lowest BCUT2D eigenvalue weighted by Crippen LogP contribution is -2.18. The minimum Gasteiger partial charge on any atom is -0.471 e. The Morgan fingerprint density at radius 3 is 2.50 bits per heavy atom. The van der Waals surface area contributed by atoms with Crippen molar-refractivity contribution in [3.05, 3.63) is 70.0 Å². The summed E-state index contributed by atoms with van der Waals surface area (Å²) in [4.78, 5) is 28.3. The van der Waals surface area contributed by atoms with Crippen LogP contribution < -0.4 is 15.8 Å². The number of primary amides is 1. The molecule has 4 aromatic rings. The molecule has 0 aliphatic rings. The van der Waals surface area contributed by atoms with Gasteiger partial charge in [0.15, 0.2) is 12.4 Å². The molecule has 3 aromatic heterocycles. The van der Waals surface area contributed by atoms with Gasteiger partial charge in [-0.1, -0.05) is 26.0 Å². The standard InChI is InChI=1S/C24H22F3N5O3S/c1-12(2)14-4-6-15(7-5-14)35-11-32-9-8-16(31-32)22(34)30-19-18-13(3)10-17(24(25,26)27)29-23(18)36-20(19)21(28)33/h4-10,12H,11H2,1-3H3,(H2,28,33)(H,30,34). The maximum atomic E-state index is 13.2. The summed E-state index contributed by atoms with van der Waals surface area (Å²) in [6, 6.07) is 9.94. The highest BCUT2D eigenvalue weighted by molar-refractivity contribution is 7.21. The van der Waals surface area contributed by atoms with E-state index in [4.69, 9.17) is 10.5 Å². The van der Waals surface area contributed by atoms with Crippen LogP contribution in [0.1, 0.15) is 56.7 Å². The summed E-state index contributed by atoms with van der Waals surface area (Å²) in [6.07, 6.45) is -3.12. The van der Waals surface area contributed by atoms with Crippen LogP contribution in [0.3, 0.4) is 0 Å². The Morgan fingerprint density at radius 2 is 1.89 bits per heavy atom. The first-order chi connectivity index (χ1) is 16.9. The van der Waals surface area contributed by atoms with E-state index < -0.39 is 23.7 Å². The number of carbonyl (C=O) groups is 2. The first-order valence-electron chi connectivity index (χ1n) is 10.8. The molecule has 3 N–H and O–H groups in total. The third-order valence-electron chi connectivity index (χ3n) is 5.40. The van der Waals surface area contributed by atoms with Crippen molar-refractivity contribution in [2.45, 2.75) is 39.6 Å². The number of halogens is 3. The third-order valence-corrected chi connectivity index (χ3v) is 6.49. The molecule has 0 aliphatic carbocycles. The number of aromatic nitrogens is 3. The highest BCUT2D eigenvalue weighted by atomic mass is 32.1. The van der Waals surface area contributed by atoms with Gasteiger partial charge in [0, 0.05) is 11.6 Å². The van der Waals surface area contributed by atoms with Crippen molar-refractivity contribution < 1.29 is 27.5 Å². The number of rotatable bonds is 7. The molecular weight excluding hydrogens is 495 g/mol. The lowest BCUT2D eigenvalue weighted by atomic mass is 10.0. The fourth-order valence-electron chi connectivity index (χ4n) is 3.54. The van der Waals surface area contributed by atoms with Crippen molar-refractivity contribution in [3.8, 4) is 5.75 Å². The Kier molecular flexibility index (Phi) is 6.72. The van der Waals surface area contributed by atoms with Crippen LogP contribution in [0.4, 0.5) is 18.9 Å². The van der Waals surface area contributed by atoms with Crippen LogP contribution in [-0.4, -0.2) is 26.6 Å². The zero-order valence-electron chi connectivity index (χ0n) is 19.5. The molecule has 36 heavy (non-hydrogen) atoms. The van der Waals surface area contributed by atoms with Crippen molar-refractivity contribution in [2.75, 3.05) is 5.32 Å². The van der Waals surface area contributed by atoms with E-state index >= 15 is 0 Å². The average Bonchev–Trinajstić information content (AvgIpc) is 3.43. The number of nitrogens with one attached hydrogen (secondary N) is 1. The molecule has 0 saturated carbocycles. The molecular formula is C24H22F3N5O3S. The molecule has 0 radical (unpaired) electrons. The molecule has 2 amide bonds. The van der Waals surface area contributed by atoms with Crippen molar-refractivity contribution in [1.29, 1.82) is 0 Å². The fraction of sp³-hybridized carbons (Fsp3) is 0.250. The minimum atomic E-state index is -4.66. The van der Waals surface area contributed by atoms with Crippen LogP contribution in [0.5, 0.6) is 5.75 Å². The van der Waals surface area contributed by atoms with Crippen LogP contribution >= 0.6 is 11.3 Å². The number of hydrogen-bond acceptors (Lipinski definition) is 6. The highest BCUT2D eigenvalue weighted by Gasteiger charge is 2.34. The van der Waals surface area contributed by atoms with Crippen LogP contribution in [0.15, 0.2) is 42.6 Å². The van der Waals surface area contributed by atoms with Crippen LogP contribution in [0.2, 0.25) is 0 Å². The lowest BCUT2D eigenvalue weighted by molar-refractivity contribution is -0.141. The smallest absolute Gasteiger partial charge is 0.433 e. The van der Waals surface area contributed by atoms with Gasteiger partial charge in [0.05, 0.1) is 5.69 Å². The maximum absolute atomic E-state index is 13.2. The summed E-state index contributed by atoms with van der Waals surface area (Å²) in [5.74, 6) is -0.536. The van der Waals surface area contributed by atoms with E-state index in [1.54, 1.807) is 6.20 Å². The van der Waals surface area contributed by atoms with Gasteiger partial charge in [-0.3, -0.25) is 9.59 Å². The van der Waals surface area contributed by atoms with Gasteiger partial charge in [-0.25, -0.2) is 9.67 Å². The van der Waals surface area contributed by atoms with Crippen LogP contribution in [0.25, 0.3) is 10.2 Å². The number of benzene rings is 1. The van der Waals surface area contributed by atoms with Crippen molar-refractivity contribution in [2.24, 2.45) is 5.73 Å². The molecule has 0 fully saturated rings. The molecule has 0 bridgehead atoms. The van der Waals surface area contributed by atoms with Gasteiger partial charge in [-0.05, 0) is 48.2 Å². The number of hydrogen-bond donors (Lipinski definition) is 2. The Balaban J connectivity index is 1.54. The van der Waals surface area contributed by atoms with Gasteiger partial charge < -0.3 is 15.8 Å². The van der Waals surface area contributed by atoms with E-state index in [9.17, 15) is 22.8 Å². The predicted octanol–water partition coefficient (Wildman–Crippen LogP) is 5.33. The fourth-order valence-corrected chi connectivity index (χ4v) is 4.60. The number of anilines is 1. The number of amides is 2. The lowest BCUT2D eigenvalue weighted by Gasteiger charge is -2.09. The number of aryl methyl sites for hydroxylation is 1. The largest absolute Gasteiger partial charge is 0.471 e. The molecule has 0 atom stereocenters. The summed E-state index contributed by atoms with van der Waals surface area (Å²) in [5.41, 5.74) is 5.71. The number of carbonyl (C=O) groups excluding carboxylic acids is 2. The van der Waals surface area contributed by atoms with E-state index in [1.807, 2.05) is 24.3 Å². The van der Waals surface area contributed by atoms with E-state index in [0.717, 1.165) is 6.07 Å². The van der Waals surface area contributed by atoms with E-state index in [2.05, 4.69) is 29.2 Å². The maximum Gasteiger partial charge on any atom is 0.433 e. The number of fused-ring (bicyclic) bond motifs is 1. The second kappa shape index (κ2) is 9.61. The molecule has 0 saturated heterocycles. The Morgan fingerprint density at radius 1 is 1.19 bits per heavy atom. The Bertz CT molecular complexity index is 1440. The first-order valence-corrected chi connectivity index (χ1v) is 11.6. The molecule has 1 aromatic carbocycles. The summed E-state index contributed by atoms with van der Waals surface area (Å²) in [6.45, 7) is 5.67. The van der Waals surface area contributed by atoms with E-state index in [1.165, 1.54) is 23.2 Å². The normalized spacial score (nSPS) is 11.8. The molecule has 188 valence electrons. The predicted molar refractivity (Wildman–Crippen MR) is 129 cm³/mol. The zero-order chi connectivity index (χ0) is 26.2. The van der Waals surface area contributed by atoms with Gasteiger partial charge in [0.2, 0.25) is 0 Å². The van der Waals surface area contributed by atoms with E-state index in [0.29, 0.717) is 23.0 Å². The Labute approximate surface area is 207 Å². The third kappa shape index (κ3) is 5.18. The molecule has 8 nitrogen and oxygen atoms in total. The number of nitrogens with zero attached hydrogens (tertiary/aromatic N) is 3. The Hall–Kier alpha value is -3.93. The summed E-state index contributed by atoms with van der Waals surface area (Å²) in [7, 11) is 0. The number of alkyl halides is 3. The van der Waals surface area contributed by atoms with Gasteiger partial charge in [0.25, 0.3) is 11.8 Å². The molecule has 4 rings (SSSR count). The number of thiophene rings is 1. The first kappa shape index (κ1) is 25.2. The summed E-state index contributed by atoms with van der Waals surface area (Å²) >= 11 is 0.681. The number of nitrogens with two attached hydrogens (primary N) is 1.